The van der Waals surface area contributed by atoms with Gasteiger partial charge in [-0.15, -0.1) is 0 Å². The van der Waals surface area contributed by atoms with Gasteiger partial charge in [0.25, 0.3) is 0 Å². The molecule has 38 heavy (non-hydrogen) atoms. The number of sulfone groups is 1. The van der Waals surface area contributed by atoms with Gasteiger partial charge in [-0.3, -0.25) is 4.79 Å². The molecule has 0 atom stereocenters. The lowest BCUT2D eigenvalue weighted by Gasteiger charge is -2.52. The lowest BCUT2D eigenvalue weighted by molar-refractivity contribution is -0.137. The number of benzene rings is 1. The third-order valence-corrected chi connectivity index (χ3v) is 7.28. The van der Waals surface area contributed by atoms with Crippen LogP contribution in [-0.4, -0.2) is 59.7 Å². The second-order valence-corrected chi connectivity index (χ2v) is 11.7. The van der Waals surface area contributed by atoms with Crippen LogP contribution in [0, 0.1) is 11.3 Å². The second kappa shape index (κ2) is 9.10. The van der Waals surface area contributed by atoms with Crippen LogP contribution in [0.5, 0.6) is 0 Å². The molecule has 1 spiro atoms. The van der Waals surface area contributed by atoms with E-state index in [-0.39, 0.29) is 0 Å². The summed E-state index contributed by atoms with van der Waals surface area (Å²) in [7, 11) is -3.56. The van der Waals surface area contributed by atoms with Crippen molar-refractivity contribution >= 4 is 27.4 Å². The van der Waals surface area contributed by atoms with Gasteiger partial charge in [0.2, 0.25) is 5.91 Å². The Bertz CT molecular complexity index is 1540. The standard InChI is InChI=1S/C24H22F3N7O3S/c1-38(36,37)12-21(35)31-22-18-11-30-23(8-19(18)32-34(22)17-5-2-15(9-28)3-6-17)13-33(14-23)20-7-4-16(10-29-20)24(25,26)27/h2-7,10,30H,8,11-14H2,1H3,(H,31,35). The Morgan fingerprint density at radius 1 is 1.21 bits per heavy atom. The summed E-state index contributed by atoms with van der Waals surface area (Å²) in [6, 6.07) is 11.0. The SMILES string of the molecule is CS(=O)(=O)CC(=O)Nc1c2c(nn1-c1ccc(C#N)cc1)CC1(CN(c3ccc(C(F)(F)F)cn3)C1)NC2. The van der Waals surface area contributed by atoms with Gasteiger partial charge in [0.1, 0.15) is 17.4 Å². The van der Waals surface area contributed by atoms with Gasteiger partial charge >= 0.3 is 6.18 Å². The first-order valence-corrected chi connectivity index (χ1v) is 13.5. The Kier molecular flexibility index (Phi) is 6.15. The summed E-state index contributed by atoms with van der Waals surface area (Å²) < 4.78 is 63.4. The van der Waals surface area contributed by atoms with Crippen LogP contribution in [0.4, 0.5) is 24.8 Å². The van der Waals surface area contributed by atoms with E-state index < -0.39 is 38.8 Å². The summed E-state index contributed by atoms with van der Waals surface area (Å²) in [5.74, 6) is -0.616. The number of pyridine rings is 1. The molecule has 1 aromatic carbocycles. The molecule has 0 unspecified atom stereocenters. The van der Waals surface area contributed by atoms with Crippen LogP contribution in [0.1, 0.15) is 22.4 Å². The van der Waals surface area contributed by atoms with E-state index in [1.165, 1.54) is 10.7 Å². The summed E-state index contributed by atoms with van der Waals surface area (Å²) in [5, 5.41) is 20.0. The van der Waals surface area contributed by atoms with Crippen molar-refractivity contribution in [3.05, 3.63) is 65.0 Å². The predicted molar refractivity (Wildman–Crippen MR) is 131 cm³/mol. The molecule has 4 heterocycles. The first-order valence-electron chi connectivity index (χ1n) is 11.5. The van der Waals surface area contributed by atoms with Crippen LogP contribution in [-0.2, 0) is 33.8 Å². The number of amides is 1. The molecule has 0 aliphatic carbocycles. The Morgan fingerprint density at radius 3 is 2.50 bits per heavy atom. The lowest BCUT2D eigenvalue weighted by atomic mass is 9.81. The highest BCUT2D eigenvalue weighted by atomic mass is 32.2. The maximum absolute atomic E-state index is 12.9. The summed E-state index contributed by atoms with van der Waals surface area (Å²) in [4.78, 5) is 18.3. The van der Waals surface area contributed by atoms with Gasteiger partial charge in [-0.25, -0.2) is 18.1 Å². The Labute approximate surface area is 216 Å². The lowest BCUT2D eigenvalue weighted by Crippen LogP contribution is -2.71. The van der Waals surface area contributed by atoms with Gasteiger partial charge < -0.3 is 15.5 Å². The fourth-order valence-corrected chi connectivity index (χ4v) is 5.24. The quantitative estimate of drug-likeness (QED) is 0.498. The second-order valence-electron chi connectivity index (χ2n) is 9.53. The van der Waals surface area contributed by atoms with Gasteiger partial charge in [-0.05, 0) is 36.4 Å². The molecule has 0 radical (unpaired) electrons. The molecule has 0 saturated carbocycles. The van der Waals surface area contributed by atoms with Crippen molar-refractivity contribution < 1.29 is 26.4 Å². The van der Waals surface area contributed by atoms with Crippen LogP contribution in [0.15, 0.2) is 42.6 Å². The number of hydrogen-bond donors (Lipinski definition) is 2. The number of nitrogens with one attached hydrogen (secondary N) is 2. The Balaban J connectivity index is 1.39. The van der Waals surface area contributed by atoms with Crippen molar-refractivity contribution in [2.24, 2.45) is 0 Å². The zero-order chi connectivity index (χ0) is 27.3. The molecular formula is C24H22F3N7O3S. The average Bonchev–Trinajstić information content (AvgIpc) is 3.18. The summed E-state index contributed by atoms with van der Waals surface area (Å²) in [5.41, 5.74) is 1.22. The highest BCUT2D eigenvalue weighted by Crippen LogP contribution is 2.37. The fraction of sp³-hybridized carbons (Fsp3) is 0.333. The van der Waals surface area contributed by atoms with Crippen molar-refractivity contribution in [2.45, 2.75) is 24.7 Å². The molecule has 5 rings (SSSR count). The van der Waals surface area contributed by atoms with E-state index in [1.54, 1.807) is 24.3 Å². The topological polar surface area (TPSA) is 133 Å². The fourth-order valence-electron chi connectivity index (χ4n) is 4.69. The van der Waals surface area contributed by atoms with Crippen LogP contribution in [0.3, 0.4) is 0 Å². The molecule has 10 nitrogen and oxygen atoms in total. The number of carbonyl (C=O) groups excluding carboxylic acids is 1. The minimum atomic E-state index is -4.45. The monoisotopic (exact) mass is 545 g/mol. The largest absolute Gasteiger partial charge is 0.417 e. The van der Waals surface area contributed by atoms with Crippen molar-refractivity contribution in [1.82, 2.24) is 20.1 Å². The molecular weight excluding hydrogens is 523 g/mol. The third-order valence-electron chi connectivity index (χ3n) is 6.49. The third kappa shape index (κ3) is 5.07. The smallest absolute Gasteiger partial charge is 0.353 e. The summed E-state index contributed by atoms with van der Waals surface area (Å²) in [6.07, 6.45) is -2.19. The van der Waals surface area contributed by atoms with E-state index in [2.05, 4.69) is 15.6 Å². The molecule has 1 amide bonds. The minimum absolute atomic E-state index is 0.328. The van der Waals surface area contributed by atoms with Gasteiger partial charge in [-0.1, -0.05) is 0 Å². The van der Waals surface area contributed by atoms with Gasteiger partial charge in [-0.2, -0.15) is 23.5 Å². The first-order chi connectivity index (χ1) is 17.9. The molecule has 1 fully saturated rings. The molecule has 1 saturated heterocycles. The highest BCUT2D eigenvalue weighted by Gasteiger charge is 2.47. The number of carbonyl (C=O) groups is 1. The number of hydrogen-bond acceptors (Lipinski definition) is 8. The zero-order valence-electron chi connectivity index (χ0n) is 20.1. The molecule has 14 heteroatoms. The van der Waals surface area contributed by atoms with Crippen molar-refractivity contribution in [2.75, 3.05) is 35.3 Å². The van der Waals surface area contributed by atoms with Gasteiger partial charge in [0, 0.05) is 44.1 Å². The van der Waals surface area contributed by atoms with Crippen LogP contribution in [0.25, 0.3) is 5.69 Å². The van der Waals surface area contributed by atoms with Crippen molar-refractivity contribution in [1.29, 1.82) is 5.26 Å². The number of fused-ring (bicyclic) bond motifs is 1. The Hall–Kier alpha value is -3.96. The average molecular weight is 546 g/mol. The molecule has 198 valence electrons. The summed E-state index contributed by atoms with van der Waals surface area (Å²) >= 11 is 0. The zero-order valence-corrected chi connectivity index (χ0v) is 20.9. The van der Waals surface area contributed by atoms with Crippen LogP contribution < -0.4 is 15.5 Å². The van der Waals surface area contributed by atoms with E-state index >= 15 is 0 Å². The van der Waals surface area contributed by atoms with Crippen molar-refractivity contribution in [3.8, 4) is 11.8 Å². The summed E-state index contributed by atoms with van der Waals surface area (Å²) in [6.45, 7) is 1.31. The number of alkyl halides is 3. The normalized spacial score (nSPS) is 16.4. The molecule has 2 aromatic heterocycles. The maximum atomic E-state index is 12.9. The van der Waals surface area contributed by atoms with E-state index in [9.17, 15) is 26.4 Å². The van der Waals surface area contributed by atoms with Crippen LogP contribution in [0.2, 0.25) is 0 Å². The van der Waals surface area contributed by atoms with E-state index in [0.717, 1.165) is 18.5 Å². The highest BCUT2D eigenvalue weighted by molar-refractivity contribution is 7.91. The molecule has 3 aromatic rings. The Morgan fingerprint density at radius 2 is 1.92 bits per heavy atom. The van der Waals surface area contributed by atoms with Crippen LogP contribution >= 0.6 is 0 Å². The van der Waals surface area contributed by atoms with Gasteiger partial charge in [0.15, 0.2) is 9.84 Å². The maximum Gasteiger partial charge on any atom is 0.417 e. The predicted octanol–water partition coefficient (Wildman–Crippen LogP) is 2.05. The first kappa shape index (κ1) is 25.7. The number of aromatic nitrogens is 3. The number of nitriles is 1. The van der Waals surface area contributed by atoms with Gasteiger partial charge in [0.05, 0.1) is 34.1 Å². The molecule has 2 aliphatic heterocycles. The van der Waals surface area contributed by atoms with E-state index in [1.807, 2.05) is 11.0 Å². The molecule has 0 bridgehead atoms. The van der Waals surface area contributed by atoms with E-state index in [0.29, 0.717) is 60.2 Å². The molecule has 2 N–H and O–H groups in total. The number of nitrogens with zero attached hydrogens (tertiary/aromatic N) is 5. The number of anilines is 2. The molecule has 2 aliphatic rings. The minimum Gasteiger partial charge on any atom is -0.353 e. The van der Waals surface area contributed by atoms with E-state index in [4.69, 9.17) is 10.4 Å². The number of halogens is 3. The number of rotatable bonds is 5. The van der Waals surface area contributed by atoms with Crippen molar-refractivity contribution in [3.63, 3.8) is 0 Å².